The molecule has 2 N–H and O–H groups in total. The highest BCUT2D eigenvalue weighted by Gasteiger charge is 2.11. The van der Waals surface area contributed by atoms with E-state index < -0.39 is 5.97 Å². The number of hydrogen-bond acceptors (Lipinski definition) is 3. The Bertz CT molecular complexity index is 608. The summed E-state index contributed by atoms with van der Waals surface area (Å²) in [5.74, 6) is -1.37. The molecule has 0 bridgehead atoms. The Morgan fingerprint density at radius 3 is 2.65 bits per heavy atom. The van der Waals surface area contributed by atoms with Crippen molar-refractivity contribution >= 4 is 28.5 Å². The van der Waals surface area contributed by atoms with Crippen LogP contribution in [-0.2, 0) is 4.79 Å². The van der Waals surface area contributed by atoms with E-state index in [4.69, 9.17) is 5.11 Å². The number of aromatic nitrogens is 1. The number of carboxylic acids is 1. The molecule has 2 aromatic rings. The van der Waals surface area contributed by atoms with Crippen molar-refractivity contribution in [3.05, 3.63) is 36.0 Å². The number of para-hydroxylation sites is 1. The molecule has 0 saturated carbocycles. The number of nitrogens with one attached hydrogen (secondary N) is 1. The van der Waals surface area contributed by atoms with Gasteiger partial charge >= 0.3 is 5.97 Å². The van der Waals surface area contributed by atoms with Crippen molar-refractivity contribution in [1.29, 1.82) is 0 Å². The number of nitrogens with zero attached hydrogens (tertiary/aromatic N) is 1. The molecule has 17 heavy (non-hydrogen) atoms. The number of benzene rings is 1. The third kappa shape index (κ3) is 2.23. The predicted molar refractivity (Wildman–Crippen MR) is 63.0 cm³/mol. The molecule has 0 radical (unpaired) electrons. The lowest BCUT2D eigenvalue weighted by Gasteiger charge is -2.07. The first-order valence-electron chi connectivity index (χ1n) is 4.98. The molecular weight excluding hydrogens is 220 g/mol. The van der Waals surface area contributed by atoms with Crippen LogP contribution in [0, 0.1) is 0 Å². The Kier molecular flexibility index (Phi) is 2.74. The maximum Gasteiger partial charge on any atom is 0.354 e. The highest BCUT2D eigenvalue weighted by molar-refractivity contribution is 6.02. The molecular formula is C12H10N2O3. The zero-order chi connectivity index (χ0) is 12.4. The molecule has 86 valence electrons. The third-order valence-corrected chi connectivity index (χ3v) is 2.25. The quantitative estimate of drug-likeness (QED) is 0.825. The molecule has 0 spiro atoms. The summed E-state index contributed by atoms with van der Waals surface area (Å²) < 4.78 is 0. The van der Waals surface area contributed by atoms with Gasteiger partial charge in [-0.1, -0.05) is 18.2 Å². The van der Waals surface area contributed by atoms with Crippen LogP contribution in [0.3, 0.4) is 0 Å². The highest BCUT2D eigenvalue weighted by atomic mass is 16.4. The molecule has 0 saturated heterocycles. The number of aromatic carboxylic acids is 1. The van der Waals surface area contributed by atoms with Gasteiger partial charge in [0.1, 0.15) is 0 Å². The van der Waals surface area contributed by atoms with Gasteiger partial charge in [0.2, 0.25) is 5.91 Å². The van der Waals surface area contributed by atoms with Crippen molar-refractivity contribution in [2.24, 2.45) is 0 Å². The largest absolute Gasteiger partial charge is 0.477 e. The molecule has 0 atom stereocenters. The lowest BCUT2D eigenvalue weighted by molar-refractivity contribution is -0.114. The number of carbonyl (C=O) groups excluding carboxylic acids is 1. The number of pyridine rings is 1. The zero-order valence-electron chi connectivity index (χ0n) is 9.10. The van der Waals surface area contributed by atoms with E-state index in [2.05, 4.69) is 10.3 Å². The topological polar surface area (TPSA) is 79.3 Å². The molecule has 5 heteroatoms. The van der Waals surface area contributed by atoms with Crippen LogP contribution in [-0.4, -0.2) is 22.0 Å². The molecule has 0 unspecified atom stereocenters. The predicted octanol–water partition coefficient (Wildman–Crippen LogP) is 1.89. The van der Waals surface area contributed by atoms with Crippen LogP contribution >= 0.6 is 0 Å². The zero-order valence-corrected chi connectivity index (χ0v) is 9.10. The van der Waals surface area contributed by atoms with E-state index in [0.29, 0.717) is 16.6 Å². The van der Waals surface area contributed by atoms with Gasteiger partial charge in [-0.25, -0.2) is 9.78 Å². The number of carboxylic acid groups (broad SMARTS) is 1. The van der Waals surface area contributed by atoms with E-state index in [-0.39, 0.29) is 11.6 Å². The van der Waals surface area contributed by atoms with E-state index in [9.17, 15) is 9.59 Å². The van der Waals surface area contributed by atoms with Crippen molar-refractivity contribution in [3.63, 3.8) is 0 Å². The van der Waals surface area contributed by atoms with Crippen LogP contribution in [0.15, 0.2) is 30.3 Å². The third-order valence-electron chi connectivity index (χ3n) is 2.25. The van der Waals surface area contributed by atoms with E-state index >= 15 is 0 Å². The Morgan fingerprint density at radius 1 is 1.29 bits per heavy atom. The number of amides is 1. The Hall–Kier alpha value is -2.43. The van der Waals surface area contributed by atoms with Gasteiger partial charge in [-0.2, -0.15) is 0 Å². The first-order valence-corrected chi connectivity index (χ1v) is 4.98. The summed E-state index contributed by atoms with van der Waals surface area (Å²) >= 11 is 0. The van der Waals surface area contributed by atoms with Crippen molar-refractivity contribution in [3.8, 4) is 0 Å². The Balaban J connectivity index is 2.68. The average molecular weight is 230 g/mol. The van der Waals surface area contributed by atoms with Crippen LogP contribution in [0.5, 0.6) is 0 Å². The molecule has 0 aliphatic carbocycles. The number of anilines is 1. The van der Waals surface area contributed by atoms with Gasteiger partial charge < -0.3 is 10.4 Å². The second kappa shape index (κ2) is 4.21. The lowest BCUT2D eigenvalue weighted by atomic mass is 10.1. The maximum atomic E-state index is 11.1. The van der Waals surface area contributed by atoms with E-state index in [1.165, 1.54) is 13.0 Å². The summed E-state index contributed by atoms with van der Waals surface area (Å²) in [5.41, 5.74) is 0.907. The fourth-order valence-electron chi connectivity index (χ4n) is 1.58. The van der Waals surface area contributed by atoms with Crippen molar-refractivity contribution < 1.29 is 14.7 Å². The molecule has 1 heterocycles. The second-order valence-electron chi connectivity index (χ2n) is 3.56. The summed E-state index contributed by atoms with van der Waals surface area (Å²) in [6, 6.07) is 8.40. The van der Waals surface area contributed by atoms with Gasteiger partial charge in [-0.3, -0.25) is 4.79 Å². The SMILES string of the molecule is CC(=O)Nc1cc(C(=O)O)nc2ccccc12. The number of hydrogen-bond donors (Lipinski definition) is 2. The molecule has 5 nitrogen and oxygen atoms in total. The standard InChI is InChI=1S/C12H10N2O3/c1-7(15)13-10-6-11(12(16)17)14-9-5-3-2-4-8(9)10/h2-6H,1H3,(H,16,17)(H,13,14,15). The Labute approximate surface area is 97.1 Å². The molecule has 1 aromatic heterocycles. The molecule has 2 rings (SSSR count). The lowest BCUT2D eigenvalue weighted by Crippen LogP contribution is -2.09. The summed E-state index contributed by atoms with van der Waals surface area (Å²) in [4.78, 5) is 26.0. The first kappa shape index (κ1) is 11.1. The Morgan fingerprint density at radius 2 is 2.00 bits per heavy atom. The summed E-state index contributed by atoms with van der Waals surface area (Å²) in [7, 11) is 0. The normalized spacial score (nSPS) is 10.2. The number of fused-ring (bicyclic) bond motifs is 1. The minimum absolute atomic E-state index is 0.0903. The van der Waals surface area contributed by atoms with Crippen LogP contribution < -0.4 is 5.32 Å². The van der Waals surface area contributed by atoms with E-state index in [1.54, 1.807) is 24.3 Å². The van der Waals surface area contributed by atoms with Crippen LogP contribution in [0.25, 0.3) is 10.9 Å². The second-order valence-corrected chi connectivity index (χ2v) is 3.56. The minimum Gasteiger partial charge on any atom is -0.477 e. The van der Waals surface area contributed by atoms with Crippen LogP contribution in [0.2, 0.25) is 0 Å². The first-order chi connectivity index (χ1) is 8.08. The van der Waals surface area contributed by atoms with Crippen LogP contribution in [0.4, 0.5) is 5.69 Å². The van der Waals surface area contributed by atoms with Crippen molar-refractivity contribution in [2.45, 2.75) is 6.92 Å². The van der Waals surface area contributed by atoms with Gasteiger partial charge in [0, 0.05) is 12.3 Å². The molecule has 1 aromatic carbocycles. The fourth-order valence-corrected chi connectivity index (χ4v) is 1.58. The molecule has 1 amide bonds. The highest BCUT2D eigenvalue weighted by Crippen LogP contribution is 2.23. The van der Waals surface area contributed by atoms with Gasteiger partial charge in [0.15, 0.2) is 5.69 Å². The van der Waals surface area contributed by atoms with Gasteiger partial charge in [-0.15, -0.1) is 0 Å². The molecule has 0 aliphatic heterocycles. The van der Waals surface area contributed by atoms with Crippen molar-refractivity contribution in [1.82, 2.24) is 4.98 Å². The fraction of sp³-hybridized carbons (Fsp3) is 0.0833. The van der Waals surface area contributed by atoms with Crippen LogP contribution in [0.1, 0.15) is 17.4 Å². The average Bonchev–Trinajstić information content (AvgIpc) is 2.28. The summed E-state index contributed by atoms with van der Waals surface area (Å²) in [6.45, 7) is 1.37. The van der Waals surface area contributed by atoms with Gasteiger partial charge in [0.25, 0.3) is 0 Å². The monoisotopic (exact) mass is 230 g/mol. The number of carbonyl (C=O) groups is 2. The van der Waals surface area contributed by atoms with Crippen molar-refractivity contribution in [2.75, 3.05) is 5.32 Å². The van der Waals surface area contributed by atoms with Gasteiger partial charge in [0.05, 0.1) is 11.2 Å². The summed E-state index contributed by atoms with van der Waals surface area (Å²) in [6.07, 6.45) is 0. The van der Waals surface area contributed by atoms with Gasteiger partial charge in [-0.05, 0) is 12.1 Å². The van der Waals surface area contributed by atoms with E-state index in [0.717, 1.165) is 0 Å². The van der Waals surface area contributed by atoms with E-state index in [1.807, 2.05) is 0 Å². The number of rotatable bonds is 2. The molecule has 0 aliphatic rings. The smallest absolute Gasteiger partial charge is 0.354 e. The summed E-state index contributed by atoms with van der Waals surface area (Å²) in [5, 5.41) is 12.2. The molecule has 0 fully saturated rings. The minimum atomic E-state index is -1.12. The maximum absolute atomic E-state index is 11.1.